The highest BCUT2D eigenvalue weighted by Crippen LogP contribution is 2.26. The summed E-state index contributed by atoms with van der Waals surface area (Å²) in [5.74, 6) is 1.08. The maximum absolute atomic E-state index is 13.8. The molecule has 1 saturated carbocycles. The molecule has 1 heterocycles. The van der Waals surface area contributed by atoms with Gasteiger partial charge in [-0.15, -0.1) is 0 Å². The molecule has 4 rings (SSSR count). The molecule has 2 aromatic carbocycles. The number of benzene rings is 2. The Hall–Kier alpha value is -3.28. The average Bonchev–Trinajstić information content (AvgIpc) is 3.37. The van der Waals surface area contributed by atoms with Crippen LogP contribution in [0.2, 0.25) is 0 Å². The first-order valence-corrected chi connectivity index (χ1v) is 14.4. The normalized spacial score (nSPS) is 13.9. The second-order valence-electron chi connectivity index (χ2n) is 10.5. The number of carbonyl (C=O) groups is 2. The molecule has 0 spiro atoms. The maximum Gasteiger partial charge on any atom is 0.242 e. The maximum atomic E-state index is 13.8. The number of unbranched alkanes of at least 4 members (excludes halogenated alkanes) is 1. The van der Waals surface area contributed by atoms with Crippen molar-refractivity contribution < 1.29 is 14.3 Å². The van der Waals surface area contributed by atoms with E-state index in [-0.39, 0.29) is 24.3 Å². The molecule has 6 heteroatoms. The van der Waals surface area contributed by atoms with E-state index in [1.807, 2.05) is 59.3 Å². The number of carbonyl (C=O) groups excluding carboxylic acids is 2. The van der Waals surface area contributed by atoms with Crippen molar-refractivity contribution >= 4 is 22.7 Å². The summed E-state index contributed by atoms with van der Waals surface area (Å²) in [7, 11) is 0. The minimum Gasteiger partial charge on any atom is -0.494 e. The van der Waals surface area contributed by atoms with Crippen LogP contribution in [0.4, 0.5) is 0 Å². The second kappa shape index (κ2) is 14.0. The Bertz CT molecular complexity index is 1160. The monoisotopic (exact) mass is 517 g/mol. The van der Waals surface area contributed by atoms with E-state index in [0.29, 0.717) is 26.2 Å². The summed E-state index contributed by atoms with van der Waals surface area (Å²) >= 11 is 0. The highest BCUT2D eigenvalue weighted by molar-refractivity contribution is 5.86. The first-order valence-electron chi connectivity index (χ1n) is 14.4. The van der Waals surface area contributed by atoms with Gasteiger partial charge in [-0.25, -0.2) is 0 Å². The molecular formula is C32H43N3O3. The predicted molar refractivity (Wildman–Crippen MR) is 153 cm³/mol. The van der Waals surface area contributed by atoms with Crippen molar-refractivity contribution in [1.29, 1.82) is 0 Å². The highest BCUT2D eigenvalue weighted by Gasteiger charge is 2.28. The number of fused-ring (bicyclic) bond motifs is 1. The van der Waals surface area contributed by atoms with Crippen LogP contribution in [-0.4, -0.2) is 52.8 Å². The fraction of sp³-hybridized carbons (Fsp3) is 0.500. The third-order valence-electron chi connectivity index (χ3n) is 7.66. The van der Waals surface area contributed by atoms with Crippen LogP contribution in [0.3, 0.4) is 0 Å². The molecule has 0 unspecified atom stereocenters. The lowest BCUT2D eigenvalue weighted by atomic mass is 9.88. The molecule has 0 saturated heterocycles. The molecule has 38 heavy (non-hydrogen) atoms. The zero-order valence-electron chi connectivity index (χ0n) is 23.1. The average molecular weight is 518 g/mol. The second-order valence-corrected chi connectivity index (χ2v) is 10.5. The van der Waals surface area contributed by atoms with Crippen LogP contribution in [-0.2, 0) is 22.6 Å². The van der Waals surface area contributed by atoms with Crippen molar-refractivity contribution in [2.24, 2.45) is 5.92 Å². The third kappa shape index (κ3) is 7.40. The molecular weight excluding hydrogens is 474 g/mol. The van der Waals surface area contributed by atoms with Crippen molar-refractivity contribution in [3.8, 4) is 5.75 Å². The van der Waals surface area contributed by atoms with E-state index in [1.165, 1.54) is 17.4 Å². The lowest BCUT2D eigenvalue weighted by Gasteiger charge is -2.31. The minimum atomic E-state index is 0.0130. The molecule has 0 bridgehead atoms. The van der Waals surface area contributed by atoms with Crippen LogP contribution < -0.4 is 4.74 Å². The van der Waals surface area contributed by atoms with Crippen molar-refractivity contribution in [3.63, 3.8) is 0 Å². The lowest BCUT2D eigenvalue weighted by Crippen LogP contribution is -2.46. The number of hydrogen-bond acceptors (Lipinski definition) is 3. The van der Waals surface area contributed by atoms with E-state index >= 15 is 0 Å². The van der Waals surface area contributed by atoms with Gasteiger partial charge in [0.05, 0.1) is 13.2 Å². The van der Waals surface area contributed by atoms with Gasteiger partial charge < -0.3 is 19.5 Å². The number of aromatic amines is 1. The largest absolute Gasteiger partial charge is 0.494 e. The summed E-state index contributed by atoms with van der Waals surface area (Å²) in [4.78, 5) is 34.4. The van der Waals surface area contributed by atoms with Crippen LogP contribution >= 0.6 is 0 Å². The molecule has 0 atom stereocenters. The summed E-state index contributed by atoms with van der Waals surface area (Å²) in [5.41, 5.74) is 3.36. The number of para-hydroxylation sites is 1. The van der Waals surface area contributed by atoms with E-state index in [1.54, 1.807) is 0 Å². The number of amides is 2. The van der Waals surface area contributed by atoms with Crippen LogP contribution in [0.25, 0.3) is 10.9 Å². The molecule has 1 aliphatic rings. The Balaban J connectivity index is 1.50. The van der Waals surface area contributed by atoms with Crippen LogP contribution in [0, 0.1) is 5.92 Å². The van der Waals surface area contributed by atoms with Gasteiger partial charge in [-0.2, -0.15) is 0 Å². The first-order chi connectivity index (χ1) is 18.6. The van der Waals surface area contributed by atoms with Gasteiger partial charge in [-0.1, -0.05) is 62.9 Å². The molecule has 2 amide bonds. The molecule has 6 nitrogen and oxygen atoms in total. The number of rotatable bonds is 13. The number of H-pyrrole nitrogens is 1. The van der Waals surface area contributed by atoms with Gasteiger partial charge in [-0.05, 0) is 61.9 Å². The summed E-state index contributed by atoms with van der Waals surface area (Å²) in [6.07, 6.45) is 10.0. The first kappa shape index (κ1) is 27.7. The van der Waals surface area contributed by atoms with E-state index in [4.69, 9.17) is 4.74 Å². The number of nitrogens with zero attached hydrogens (tertiary/aromatic N) is 2. The predicted octanol–water partition coefficient (Wildman–Crippen LogP) is 6.35. The summed E-state index contributed by atoms with van der Waals surface area (Å²) in [6, 6.07) is 16.2. The molecule has 1 aromatic heterocycles. The summed E-state index contributed by atoms with van der Waals surface area (Å²) < 4.78 is 5.60. The van der Waals surface area contributed by atoms with Crippen LogP contribution in [0.5, 0.6) is 5.75 Å². The molecule has 0 radical (unpaired) electrons. The van der Waals surface area contributed by atoms with Gasteiger partial charge in [0, 0.05) is 42.7 Å². The Morgan fingerprint density at radius 1 is 0.947 bits per heavy atom. The van der Waals surface area contributed by atoms with Gasteiger partial charge in [0.15, 0.2) is 0 Å². The van der Waals surface area contributed by atoms with Gasteiger partial charge in [0.1, 0.15) is 5.75 Å². The third-order valence-corrected chi connectivity index (χ3v) is 7.66. The van der Waals surface area contributed by atoms with Crippen molar-refractivity contribution in [3.05, 3.63) is 65.9 Å². The molecule has 1 N–H and O–H groups in total. The highest BCUT2D eigenvalue weighted by atomic mass is 16.5. The van der Waals surface area contributed by atoms with E-state index < -0.39 is 0 Å². The van der Waals surface area contributed by atoms with E-state index in [2.05, 4.69) is 24.0 Å². The number of aromatic nitrogens is 1. The zero-order chi connectivity index (χ0) is 26.7. The van der Waals surface area contributed by atoms with Crippen LogP contribution in [0.1, 0.15) is 69.9 Å². The molecule has 3 aromatic rings. The Morgan fingerprint density at radius 2 is 1.71 bits per heavy atom. The lowest BCUT2D eigenvalue weighted by molar-refractivity contribution is -0.144. The van der Waals surface area contributed by atoms with Crippen molar-refractivity contribution in [2.75, 3.05) is 26.2 Å². The Kier molecular flexibility index (Phi) is 10.2. The van der Waals surface area contributed by atoms with Gasteiger partial charge >= 0.3 is 0 Å². The topological polar surface area (TPSA) is 65.6 Å². The smallest absolute Gasteiger partial charge is 0.242 e. The molecule has 0 aliphatic heterocycles. The van der Waals surface area contributed by atoms with Gasteiger partial charge in [-0.3, -0.25) is 9.59 Å². The van der Waals surface area contributed by atoms with Crippen molar-refractivity contribution in [2.45, 2.75) is 71.8 Å². The molecule has 204 valence electrons. The number of ether oxygens (including phenoxy) is 1. The summed E-state index contributed by atoms with van der Waals surface area (Å²) in [6.45, 7) is 6.62. The zero-order valence-corrected chi connectivity index (χ0v) is 23.1. The Labute approximate surface area is 227 Å². The van der Waals surface area contributed by atoms with Crippen LogP contribution in [0.15, 0.2) is 54.7 Å². The molecule has 1 fully saturated rings. The Morgan fingerprint density at radius 3 is 2.45 bits per heavy atom. The molecule has 1 aliphatic carbocycles. The quantitative estimate of drug-likeness (QED) is 0.287. The fourth-order valence-corrected chi connectivity index (χ4v) is 5.45. The van der Waals surface area contributed by atoms with E-state index in [9.17, 15) is 9.59 Å². The van der Waals surface area contributed by atoms with Gasteiger partial charge in [0.2, 0.25) is 11.8 Å². The minimum absolute atomic E-state index is 0.0130. The SMILES string of the molecule is CCCCN(CC(=O)N(CCc1c[nH]c2ccccc12)Cc1ccc(OCC)cc1)C(=O)C1CCCCC1. The van der Waals surface area contributed by atoms with Crippen molar-refractivity contribution in [1.82, 2.24) is 14.8 Å². The van der Waals surface area contributed by atoms with Gasteiger partial charge in [0.25, 0.3) is 0 Å². The van der Waals surface area contributed by atoms with E-state index in [0.717, 1.165) is 61.8 Å². The fourth-order valence-electron chi connectivity index (χ4n) is 5.45. The summed E-state index contributed by atoms with van der Waals surface area (Å²) in [5, 5.41) is 1.19. The number of nitrogens with one attached hydrogen (secondary N) is 1. The number of hydrogen-bond donors (Lipinski definition) is 1. The standard InChI is InChI=1S/C32H43N3O3/c1-3-5-20-35(32(37)26-11-7-6-8-12-26)24-31(36)34(23-25-15-17-28(18-16-25)38-4-2)21-19-27-22-33-30-14-10-9-13-29(27)30/h9-10,13-18,22,26,33H,3-8,11-12,19-21,23-24H2,1-2H3.